The molecule has 0 nitrogen and oxygen atoms in total. The molecule has 0 saturated heterocycles. The van der Waals surface area contributed by atoms with E-state index in [1.807, 2.05) is 12.1 Å². The summed E-state index contributed by atoms with van der Waals surface area (Å²) < 4.78 is 0. The number of halogens is 1. The Morgan fingerprint density at radius 1 is 0.621 bits per heavy atom. The lowest BCUT2D eigenvalue weighted by Crippen LogP contribution is -2.17. The molecule has 0 aromatic heterocycles. The maximum Gasteiger partial charge on any atom is 0.0406 e. The van der Waals surface area contributed by atoms with Gasteiger partial charge in [0.1, 0.15) is 0 Å². The predicted octanol–water partition coefficient (Wildman–Crippen LogP) is 9.28. The first kappa shape index (κ1) is 21.0. The van der Waals surface area contributed by atoms with Crippen LogP contribution >= 0.6 is 11.6 Å². The highest BCUT2D eigenvalue weighted by atomic mass is 35.5. The van der Waals surface area contributed by atoms with Crippen LogP contribution in [0.15, 0.2) is 48.5 Å². The van der Waals surface area contributed by atoms with Crippen molar-refractivity contribution < 1.29 is 0 Å². The van der Waals surface area contributed by atoms with Gasteiger partial charge in [-0.05, 0) is 78.2 Å². The molecule has 2 aliphatic rings. The Balaban J connectivity index is 1.23. The van der Waals surface area contributed by atoms with Gasteiger partial charge in [-0.1, -0.05) is 99.9 Å². The van der Waals surface area contributed by atoms with Crippen LogP contribution in [0.5, 0.6) is 0 Å². The summed E-state index contributed by atoms with van der Waals surface area (Å²) in [5.41, 5.74) is 4.08. The third kappa shape index (κ3) is 5.66. The van der Waals surface area contributed by atoms with E-state index in [0.29, 0.717) is 0 Å². The molecule has 2 fully saturated rings. The van der Waals surface area contributed by atoms with Crippen molar-refractivity contribution in [1.82, 2.24) is 0 Å². The molecule has 0 radical (unpaired) electrons. The largest absolute Gasteiger partial charge is 0.0843 e. The lowest BCUT2D eigenvalue weighted by Gasteiger charge is -2.32. The molecule has 0 spiro atoms. The van der Waals surface area contributed by atoms with E-state index in [4.69, 9.17) is 11.6 Å². The SMILES string of the molecule is CCC1CCC(CCC2CCC(c3ccc(-c4ccc(Cl)cc4)cc3)CC2)CC1. The van der Waals surface area contributed by atoms with Crippen molar-refractivity contribution in [2.45, 2.75) is 83.5 Å². The van der Waals surface area contributed by atoms with Crippen molar-refractivity contribution >= 4 is 11.6 Å². The zero-order valence-electron chi connectivity index (χ0n) is 18.1. The summed E-state index contributed by atoms with van der Waals surface area (Å²) >= 11 is 6.02. The van der Waals surface area contributed by atoms with E-state index in [2.05, 4.69) is 43.3 Å². The molecule has 2 aliphatic carbocycles. The number of rotatable bonds is 6. The Bertz CT molecular complexity index is 729. The van der Waals surface area contributed by atoms with E-state index in [9.17, 15) is 0 Å². The van der Waals surface area contributed by atoms with Crippen molar-refractivity contribution in [2.24, 2.45) is 17.8 Å². The fourth-order valence-corrected chi connectivity index (χ4v) is 5.90. The topological polar surface area (TPSA) is 0 Å². The molecule has 0 bridgehead atoms. The standard InChI is InChI=1S/C28H37Cl/c1-2-21-3-5-22(6-4-21)7-8-23-9-11-24(12-10-23)25-13-15-26(16-14-25)27-17-19-28(29)20-18-27/h13-24H,2-12H2,1H3. The third-order valence-electron chi connectivity index (χ3n) is 7.93. The van der Waals surface area contributed by atoms with E-state index in [1.54, 1.807) is 5.56 Å². The summed E-state index contributed by atoms with van der Waals surface area (Å²) in [5.74, 6) is 3.83. The first-order chi connectivity index (χ1) is 14.2. The predicted molar refractivity (Wildman–Crippen MR) is 127 cm³/mol. The van der Waals surface area contributed by atoms with Crippen LogP contribution in [0.4, 0.5) is 0 Å². The zero-order chi connectivity index (χ0) is 20.1. The fourth-order valence-electron chi connectivity index (χ4n) is 5.77. The summed E-state index contributed by atoms with van der Waals surface area (Å²) in [6.45, 7) is 2.37. The molecular formula is C28H37Cl. The van der Waals surface area contributed by atoms with Gasteiger partial charge in [0, 0.05) is 5.02 Å². The quantitative estimate of drug-likeness (QED) is 0.446. The molecule has 0 aliphatic heterocycles. The van der Waals surface area contributed by atoms with Gasteiger partial charge < -0.3 is 0 Å². The average Bonchev–Trinajstić information content (AvgIpc) is 2.79. The second kappa shape index (κ2) is 10.2. The average molecular weight is 409 g/mol. The molecule has 0 amide bonds. The zero-order valence-corrected chi connectivity index (χ0v) is 18.8. The second-order valence-electron chi connectivity index (χ2n) is 9.72. The summed E-state index contributed by atoms with van der Waals surface area (Å²) in [4.78, 5) is 0. The molecule has 4 rings (SSSR count). The van der Waals surface area contributed by atoms with Crippen LogP contribution in [0.3, 0.4) is 0 Å². The van der Waals surface area contributed by atoms with Crippen molar-refractivity contribution in [3.63, 3.8) is 0 Å². The first-order valence-electron chi connectivity index (χ1n) is 12.1. The Labute approximate surface area is 183 Å². The van der Waals surface area contributed by atoms with Crippen LogP contribution in [0.1, 0.15) is 89.0 Å². The number of benzene rings is 2. The summed E-state index contributed by atoms with van der Waals surface area (Å²) in [7, 11) is 0. The van der Waals surface area contributed by atoms with Crippen LogP contribution in [-0.2, 0) is 0 Å². The Kier molecular flexibility index (Phi) is 7.35. The highest BCUT2D eigenvalue weighted by Gasteiger charge is 2.25. The van der Waals surface area contributed by atoms with E-state index >= 15 is 0 Å². The van der Waals surface area contributed by atoms with Crippen LogP contribution in [0.2, 0.25) is 5.02 Å². The monoisotopic (exact) mass is 408 g/mol. The minimum atomic E-state index is 0.769. The maximum atomic E-state index is 6.02. The van der Waals surface area contributed by atoms with E-state index in [1.165, 1.54) is 81.8 Å². The van der Waals surface area contributed by atoms with Gasteiger partial charge in [-0.25, -0.2) is 0 Å². The van der Waals surface area contributed by atoms with Crippen molar-refractivity contribution in [3.05, 3.63) is 59.1 Å². The Morgan fingerprint density at radius 3 is 1.59 bits per heavy atom. The van der Waals surface area contributed by atoms with Gasteiger partial charge in [-0.15, -0.1) is 0 Å². The van der Waals surface area contributed by atoms with Crippen LogP contribution < -0.4 is 0 Å². The lowest BCUT2D eigenvalue weighted by atomic mass is 9.74. The molecule has 2 aromatic carbocycles. The Morgan fingerprint density at radius 2 is 1.07 bits per heavy atom. The van der Waals surface area contributed by atoms with Gasteiger partial charge in [0.2, 0.25) is 0 Å². The molecule has 2 saturated carbocycles. The molecule has 156 valence electrons. The van der Waals surface area contributed by atoms with Crippen molar-refractivity contribution in [3.8, 4) is 11.1 Å². The molecule has 0 heterocycles. The van der Waals surface area contributed by atoms with E-state index < -0.39 is 0 Å². The van der Waals surface area contributed by atoms with E-state index in [-0.39, 0.29) is 0 Å². The minimum Gasteiger partial charge on any atom is -0.0843 e. The second-order valence-corrected chi connectivity index (χ2v) is 10.2. The van der Waals surface area contributed by atoms with Crippen molar-refractivity contribution in [1.29, 1.82) is 0 Å². The Hall–Kier alpha value is -1.27. The normalized spacial score (nSPS) is 27.7. The highest BCUT2D eigenvalue weighted by molar-refractivity contribution is 6.30. The summed E-state index contributed by atoms with van der Waals surface area (Å²) in [6.07, 6.45) is 16.0. The lowest BCUT2D eigenvalue weighted by molar-refractivity contribution is 0.227. The molecule has 2 aromatic rings. The van der Waals surface area contributed by atoms with Crippen molar-refractivity contribution in [2.75, 3.05) is 0 Å². The van der Waals surface area contributed by atoms with Crippen LogP contribution in [-0.4, -0.2) is 0 Å². The molecule has 1 heteroatoms. The van der Waals surface area contributed by atoms with Gasteiger partial charge in [0.25, 0.3) is 0 Å². The number of hydrogen-bond acceptors (Lipinski definition) is 0. The summed E-state index contributed by atoms with van der Waals surface area (Å²) in [6, 6.07) is 17.5. The molecule has 0 unspecified atom stereocenters. The van der Waals surface area contributed by atoms with E-state index in [0.717, 1.165) is 28.7 Å². The molecule has 29 heavy (non-hydrogen) atoms. The minimum absolute atomic E-state index is 0.769. The van der Waals surface area contributed by atoms with Crippen LogP contribution in [0, 0.1) is 17.8 Å². The summed E-state index contributed by atoms with van der Waals surface area (Å²) in [5, 5.41) is 0.802. The smallest absolute Gasteiger partial charge is 0.0406 e. The molecule has 0 N–H and O–H groups in total. The molecule has 0 atom stereocenters. The maximum absolute atomic E-state index is 6.02. The highest BCUT2D eigenvalue weighted by Crippen LogP contribution is 2.40. The van der Waals surface area contributed by atoms with Gasteiger partial charge >= 0.3 is 0 Å². The van der Waals surface area contributed by atoms with Crippen LogP contribution in [0.25, 0.3) is 11.1 Å². The van der Waals surface area contributed by atoms with Gasteiger partial charge in [0.15, 0.2) is 0 Å². The molecular weight excluding hydrogens is 372 g/mol. The van der Waals surface area contributed by atoms with Gasteiger partial charge in [-0.3, -0.25) is 0 Å². The fraction of sp³-hybridized carbons (Fsp3) is 0.571. The van der Waals surface area contributed by atoms with Gasteiger partial charge in [0.05, 0.1) is 0 Å². The third-order valence-corrected chi connectivity index (χ3v) is 8.19. The number of hydrogen-bond donors (Lipinski definition) is 0. The van der Waals surface area contributed by atoms with Gasteiger partial charge in [-0.2, -0.15) is 0 Å². The first-order valence-corrected chi connectivity index (χ1v) is 12.4.